The van der Waals surface area contributed by atoms with Gasteiger partial charge in [0, 0.05) is 18.0 Å². The largest absolute Gasteiger partial charge is 0.239 e. The molecule has 3 N–H and O–H groups in total. The maximum atomic E-state index is 4.84. The molecule has 4 heteroatoms. The molecule has 0 spiro atoms. The fourth-order valence-electron chi connectivity index (χ4n) is 0.411. The topological polar surface area (TPSA) is 36.1 Å². The average Bonchev–Trinajstić information content (AvgIpc) is 1.69. The van der Waals surface area contributed by atoms with Crippen LogP contribution in [0.4, 0.5) is 0 Å². The summed E-state index contributed by atoms with van der Waals surface area (Å²) >= 11 is 4.84. The summed E-state index contributed by atoms with van der Waals surface area (Å²) in [7, 11) is 0. The van der Waals surface area contributed by atoms with Crippen LogP contribution < -0.4 is 16.4 Å². The first-order valence-corrected chi connectivity index (χ1v) is 2.53. The second-order valence-corrected chi connectivity index (χ2v) is 1.95. The van der Waals surface area contributed by atoms with Crippen LogP contribution in [-0.4, -0.2) is 18.0 Å². The van der Waals surface area contributed by atoms with Gasteiger partial charge in [-0.1, -0.05) is 12.2 Å². The molecular weight excluding hydrogens is 110 g/mol. The number of rotatable bonds is 0. The predicted molar refractivity (Wildman–Crippen MR) is 31.7 cm³/mol. The maximum absolute atomic E-state index is 4.84. The van der Waals surface area contributed by atoms with E-state index in [1.54, 1.807) is 0 Å². The molecule has 0 aromatic heterocycles. The first kappa shape index (κ1) is 5.11. The van der Waals surface area contributed by atoms with Crippen molar-refractivity contribution >= 4 is 17.1 Å². The van der Waals surface area contributed by atoms with Gasteiger partial charge in [-0.15, -0.1) is 0 Å². The number of nitrogens with one attached hydrogen (secondary N) is 3. The van der Waals surface area contributed by atoms with Gasteiger partial charge in [-0.3, -0.25) is 0 Å². The standard InChI is InChI=1S/C3H7N3S/c7-3-1-4-6-5-2-3/h4-6H,1-2H2. The molecule has 0 amide bonds. The van der Waals surface area contributed by atoms with Crippen molar-refractivity contribution in [2.24, 2.45) is 0 Å². The van der Waals surface area contributed by atoms with Gasteiger partial charge in [0.2, 0.25) is 0 Å². The van der Waals surface area contributed by atoms with Crippen LogP contribution in [0.1, 0.15) is 0 Å². The number of thiocarbonyl (C=S) groups is 1. The lowest BCUT2D eigenvalue weighted by atomic mass is 10.4. The lowest BCUT2D eigenvalue weighted by Crippen LogP contribution is -2.53. The summed E-state index contributed by atoms with van der Waals surface area (Å²) in [5, 5.41) is 0. The van der Waals surface area contributed by atoms with Crippen LogP contribution in [0.3, 0.4) is 0 Å². The van der Waals surface area contributed by atoms with Crippen molar-refractivity contribution in [3.05, 3.63) is 0 Å². The Hall–Kier alpha value is -0.0300. The maximum Gasteiger partial charge on any atom is 0.0441 e. The Morgan fingerprint density at radius 2 is 1.86 bits per heavy atom. The third-order valence-electron chi connectivity index (χ3n) is 0.748. The number of hydrogen-bond acceptors (Lipinski definition) is 4. The SMILES string of the molecule is S=C1CNNNC1. The van der Waals surface area contributed by atoms with Crippen LogP contribution in [0.2, 0.25) is 0 Å². The molecule has 0 bridgehead atoms. The van der Waals surface area contributed by atoms with E-state index in [0.29, 0.717) is 0 Å². The molecule has 1 saturated heterocycles. The van der Waals surface area contributed by atoms with Crippen LogP contribution in [-0.2, 0) is 0 Å². The van der Waals surface area contributed by atoms with Gasteiger partial charge in [-0.25, -0.2) is 10.9 Å². The van der Waals surface area contributed by atoms with Crippen molar-refractivity contribution in [2.45, 2.75) is 0 Å². The molecule has 0 aromatic carbocycles. The Morgan fingerprint density at radius 1 is 1.29 bits per heavy atom. The summed E-state index contributed by atoms with van der Waals surface area (Å²) in [5.41, 5.74) is 8.39. The molecule has 0 aromatic rings. The van der Waals surface area contributed by atoms with Crippen molar-refractivity contribution in [3.63, 3.8) is 0 Å². The molecule has 1 heterocycles. The summed E-state index contributed by atoms with van der Waals surface area (Å²) in [6, 6.07) is 0. The third-order valence-corrected chi connectivity index (χ3v) is 1.04. The van der Waals surface area contributed by atoms with Crippen molar-refractivity contribution < 1.29 is 0 Å². The smallest absolute Gasteiger partial charge is 0.0441 e. The van der Waals surface area contributed by atoms with Crippen LogP contribution >= 0.6 is 12.2 Å². The van der Waals surface area contributed by atoms with Crippen LogP contribution in [0.5, 0.6) is 0 Å². The Labute approximate surface area is 47.4 Å². The molecule has 40 valence electrons. The minimum Gasteiger partial charge on any atom is -0.239 e. The van der Waals surface area contributed by atoms with E-state index in [1.165, 1.54) is 0 Å². The van der Waals surface area contributed by atoms with Crippen molar-refractivity contribution in [3.8, 4) is 0 Å². The van der Waals surface area contributed by atoms with Crippen LogP contribution in [0.15, 0.2) is 0 Å². The Morgan fingerprint density at radius 3 is 2.14 bits per heavy atom. The van der Waals surface area contributed by atoms with E-state index in [4.69, 9.17) is 12.2 Å². The van der Waals surface area contributed by atoms with Gasteiger partial charge in [0.15, 0.2) is 0 Å². The molecular formula is C3H7N3S. The van der Waals surface area contributed by atoms with E-state index in [0.717, 1.165) is 18.0 Å². The second kappa shape index (κ2) is 2.32. The van der Waals surface area contributed by atoms with E-state index >= 15 is 0 Å². The third kappa shape index (κ3) is 1.48. The van der Waals surface area contributed by atoms with E-state index < -0.39 is 0 Å². The molecule has 0 unspecified atom stereocenters. The average molecular weight is 117 g/mol. The van der Waals surface area contributed by atoms with E-state index in [-0.39, 0.29) is 0 Å². The summed E-state index contributed by atoms with van der Waals surface area (Å²) < 4.78 is 0. The van der Waals surface area contributed by atoms with E-state index in [2.05, 4.69) is 16.4 Å². The lowest BCUT2D eigenvalue weighted by molar-refractivity contribution is 0.463. The van der Waals surface area contributed by atoms with Crippen molar-refractivity contribution in [1.29, 1.82) is 0 Å². The molecule has 0 saturated carbocycles. The van der Waals surface area contributed by atoms with Crippen LogP contribution in [0.25, 0.3) is 0 Å². The van der Waals surface area contributed by atoms with Gasteiger partial charge in [0.25, 0.3) is 0 Å². The fraction of sp³-hybridized carbons (Fsp3) is 0.667. The molecule has 1 rings (SSSR count). The monoisotopic (exact) mass is 117 g/mol. The highest BCUT2D eigenvalue weighted by atomic mass is 32.1. The van der Waals surface area contributed by atoms with Crippen molar-refractivity contribution in [2.75, 3.05) is 13.1 Å². The van der Waals surface area contributed by atoms with Gasteiger partial charge in [0.1, 0.15) is 0 Å². The first-order chi connectivity index (χ1) is 3.39. The van der Waals surface area contributed by atoms with Gasteiger partial charge in [0.05, 0.1) is 0 Å². The second-order valence-electron chi connectivity index (χ2n) is 1.37. The Balaban J connectivity index is 2.25. The summed E-state index contributed by atoms with van der Waals surface area (Å²) in [6.45, 7) is 1.59. The van der Waals surface area contributed by atoms with Crippen molar-refractivity contribution in [1.82, 2.24) is 16.4 Å². The predicted octanol–water partition coefficient (Wildman–Crippen LogP) is -1.03. The van der Waals surface area contributed by atoms with E-state index in [1.807, 2.05) is 0 Å². The van der Waals surface area contributed by atoms with Crippen LogP contribution in [0, 0.1) is 0 Å². The zero-order valence-electron chi connectivity index (χ0n) is 3.82. The summed E-state index contributed by atoms with van der Waals surface area (Å²) in [5.74, 6) is 0. The summed E-state index contributed by atoms with van der Waals surface area (Å²) in [4.78, 5) is 1.01. The normalized spacial score (nSPS) is 22.6. The molecule has 1 fully saturated rings. The minimum atomic E-state index is 0.794. The molecule has 1 aliphatic heterocycles. The Bertz CT molecular complexity index is 74.2. The van der Waals surface area contributed by atoms with Gasteiger partial charge < -0.3 is 0 Å². The molecule has 0 atom stereocenters. The zero-order chi connectivity index (χ0) is 5.11. The lowest BCUT2D eigenvalue weighted by Gasteiger charge is -2.14. The molecule has 0 radical (unpaired) electrons. The zero-order valence-corrected chi connectivity index (χ0v) is 4.64. The van der Waals surface area contributed by atoms with Gasteiger partial charge >= 0.3 is 0 Å². The highest BCUT2D eigenvalue weighted by Gasteiger charge is 1.98. The molecule has 3 nitrogen and oxygen atoms in total. The first-order valence-electron chi connectivity index (χ1n) is 2.12. The summed E-state index contributed by atoms with van der Waals surface area (Å²) in [6.07, 6.45) is 0. The highest BCUT2D eigenvalue weighted by Crippen LogP contribution is 1.73. The molecule has 0 aliphatic carbocycles. The molecule has 1 aliphatic rings. The minimum absolute atomic E-state index is 0.794. The quantitative estimate of drug-likeness (QED) is 0.355. The molecule has 7 heavy (non-hydrogen) atoms. The number of hydrogen-bond donors (Lipinski definition) is 3. The Kier molecular flexibility index (Phi) is 1.70. The van der Waals surface area contributed by atoms with Gasteiger partial charge in [-0.2, -0.15) is 5.53 Å². The highest BCUT2D eigenvalue weighted by molar-refractivity contribution is 7.80. The number of hydrazine groups is 2. The van der Waals surface area contributed by atoms with Gasteiger partial charge in [-0.05, 0) is 0 Å². The fourth-order valence-corrected chi connectivity index (χ4v) is 0.555. The van der Waals surface area contributed by atoms with E-state index in [9.17, 15) is 0 Å².